The van der Waals surface area contributed by atoms with Crippen molar-refractivity contribution in [3.05, 3.63) is 34.9 Å². The minimum absolute atomic E-state index is 0.692. The monoisotopic (exact) mass is 280 g/mol. The van der Waals surface area contributed by atoms with E-state index in [2.05, 4.69) is 36.2 Å². The van der Waals surface area contributed by atoms with Crippen molar-refractivity contribution in [1.29, 1.82) is 0 Å². The van der Waals surface area contributed by atoms with Crippen molar-refractivity contribution in [2.75, 3.05) is 26.2 Å². The van der Waals surface area contributed by atoms with Crippen LogP contribution in [-0.2, 0) is 6.54 Å². The summed E-state index contributed by atoms with van der Waals surface area (Å²) in [6, 6.07) is 8.20. The van der Waals surface area contributed by atoms with E-state index in [9.17, 15) is 0 Å². The number of nitrogens with zero attached hydrogens (tertiary/aromatic N) is 1. The van der Waals surface area contributed by atoms with Gasteiger partial charge in [0.2, 0.25) is 0 Å². The molecular weight excluding hydrogens is 256 g/mol. The van der Waals surface area contributed by atoms with Crippen LogP contribution in [0.15, 0.2) is 24.3 Å². The summed E-state index contributed by atoms with van der Waals surface area (Å²) in [6.07, 6.45) is 1.30. The Morgan fingerprint density at radius 2 is 2.16 bits per heavy atom. The van der Waals surface area contributed by atoms with E-state index in [1.807, 2.05) is 12.1 Å². The molecule has 0 amide bonds. The second-order valence-electron chi connectivity index (χ2n) is 6.04. The first kappa shape index (κ1) is 14.8. The highest BCUT2D eigenvalue weighted by Gasteiger charge is 2.19. The molecule has 1 saturated heterocycles. The van der Waals surface area contributed by atoms with Crippen LogP contribution in [-0.4, -0.2) is 31.1 Å². The Balaban J connectivity index is 1.98. The number of hydrogen-bond acceptors (Lipinski definition) is 2. The van der Waals surface area contributed by atoms with Crippen molar-refractivity contribution < 1.29 is 0 Å². The smallest absolute Gasteiger partial charge is 0.0451 e. The number of rotatable bonds is 6. The second-order valence-corrected chi connectivity index (χ2v) is 6.45. The molecule has 19 heavy (non-hydrogen) atoms. The van der Waals surface area contributed by atoms with Crippen LogP contribution in [0.1, 0.15) is 25.8 Å². The van der Waals surface area contributed by atoms with Crippen LogP contribution in [0.25, 0.3) is 0 Å². The first-order chi connectivity index (χ1) is 9.15. The first-order valence-corrected chi connectivity index (χ1v) is 7.69. The molecule has 2 nitrogen and oxygen atoms in total. The van der Waals surface area contributed by atoms with Gasteiger partial charge in [0.25, 0.3) is 0 Å². The van der Waals surface area contributed by atoms with Gasteiger partial charge in [-0.15, -0.1) is 0 Å². The Morgan fingerprint density at radius 1 is 1.37 bits per heavy atom. The van der Waals surface area contributed by atoms with E-state index in [0.29, 0.717) is 5.92 Å². The molecule has 1 aromatic rings. The van der Waals surface area contributed by atoms with E-state index in [1.165, 1.54) is 25.1 Å². The van der Waals surface area contributed by atoms with E-state index in [-0.39, 0.29) is 0 Å². The highest BCUT2D eigenvalue weighted by molar-refractivity contribution is 6.31. The molecule has 1 heterocycles. The van der Waals surface area contributed by atoms with E-state index >= 15 is 0 Å². The Bertz CT molecular complexity index is 386. The summed E-state index contributed by atoms with van der Waals surface area (Å²) in [6.45, 7) is 10.2. The van der Waals surface area contributed by atoms with Crippen molar-refractivity contribution in [2.24, 2.45) is 11.8 Å². The van der Waals surface area contributed by atoms with Gasteiger partial charge >= 0.3 is 0 Å². The molecule has 0 aromatic heterocycles. The molecule has 3 heteroatoms. The highest BCUT2D eigenvalue weighted by Crippen LogP contribution is 2.19. The fraction of sp³-hybridized carbons (Fsp3) is 0.625. The third-order valence-electron chi connectivity index (χ3n) is 3.65. The Morgan fingerprint density at radius 3 is 2.79 bits per heavy atom. The van der Waals surface area contributed by atoms with Gasteiger partial charge in [0.1, 0.15) is 0 Å². The molecule has 0 radical (unpaired) electrons. The minimum atomic E-state index is 0.692. The van der Waals surface area contributed by atoms with Crippen LogP contribution >= 0.6 is 11.6 Å². The van der Waals surface area contributed by atoms with Crippen LogP contribution in [0.4, 0.5) is 0 Å². The molecule has 106 valence electrons. The average molecular weight is 281 g/mol. The summed E-state index contributed by atoms with van der Waals surface area (Å²) >= 11 is 6.28. The topological polar surface area (TPSA) is 15.3 Å². The zero-order chi connectivity index (χ0) is 13.7. The van der Waals surface area contributed by atoms with E-state index in [1.54, 1.807) is 0 Å². The van der Waals surface area contributed by atoms with Gasteiger partial charge in [-0.2, -0.15) is 0 Å². The van der Waals surface area contributed by atoms with Crippen LogP contribution in [0.5, 0.6) is 0 Å². The van der Waals surface area contributed by atoms with E-state index < -0.39 is 0 Å². The van der Waals surface area contributed by atoms with Crippen molar-refractivity contribution >= 4 is 11.6 Å². The fourth-order valence-electron chi connectivity index (χ4n) is 2.82. The van der Waals surface area contributed by atoms with Crippen LogP contribution in [0, 0.1) is 11.8 Å². The minimum Gasteiger partial charge on any atom is -0.316 e. The predicted octanol–water partition coefficient (Wildman–Crippen LogP) is 3.41. The molecule has 0 unspecified atom stereocenters. The van der Waals surface area contributed by atoms with Gasteiger partial charge in [0.15, 0.2) is 0 Å². The van der Waals surface area contributed by atoms with E-state index in [4.69, 9.17) is 11.6 Å². The molecule has 1 fully saturated rings. The zero-order valence-electron chi connectivity index (χ0n) is 12.0. The van der Waals surface area contributed by atoms with Crippen molar-refractivity contribution in [2.45, 2.75) is 26.8 Å². The number of halogens is 1. The van der Waals surface area contributed by atoms with Gasteiger partial charge in [-0.1, -0.05) is 43.6 Å². The first-order valence-electron chi connectivity index (χ1n) is 7.31. The summed E-state index contributed by atoms with van der Waals surface area (Å²) in [4.78, 5) is 2.56. The number of benzene rings is 1. The lowest BCUT2D eigenvalue weighted by molar-refractivity contribution is 0.205. The summed E-state index contributed by atoms with van der Waals surface area (Å²) in [5, 5.41) is 4.34. The molecule has 0 bridgehead atoms. The maximum Gasteiger partial charge on any atom is 0.0451 e. The van der Waals surface area contributed by atoms with Crippen LogP contribution < -0.4 is 5.32 Å². The lowest BCUT2D eigenvalue weighted by atomic mass is 10.1. The molecule has 1 aromatic carbocycles. The summed E-state index contributed by atoms with van der Waals surface area (Å²) in [7, 11) is 0. The van der Waals surface area contributed by atoms with Crippen LogP contribution in [0.2, 0.25) is 5.02 Å². The summed E-state index contributed by atoms with van der Waals surface area (Å²) in [5.41, 5.74) is 1.25. The van der Waals surface area contributed by atoms with Gasteiger partial charge in [-0.3, -0.25) is 4.90 Å². The number of nitrogens with one attached hydrogen (secondary N) is 1. The zero-order valence-corrected chi connectivity index (χ0v) is 12.8. The fourth-order valence-corrected chi connectivity index (χ4v) is 3.02. The Kier molecular flexibility index (Phi) is 5.68. The van der Waals surface area contributed by atoms with Gasteiger partial charge in [0.05, 0.1) is 0 Å². The van der Waals surface area contributed by atoms with Crippen molar-refractivity contribution in [3.63, 3.8) is 0 Å². The predicted molar refractivity (Wildman–Crippen MR) is 82.5 cm³/mol. The van der Waals surface area contributed by atoms with Gasteiger partial charge in [0, 0.05) is 24.7 Å². The Labute approximate surface area is 122 Å². The molecule has 2 rings (SSSR count). The third kappa shape index (κ3) is 4.79. The average Bonchev–Trinajstić information content (AvgIpc) is 2.84. The summed E-state index contributed by atoms with van der Waals surface area (Å²) in [5.74, 6) is 1.48. The largest absolute Gasteiger partial charge is 0.316 e. The van der Waals surface area contributed by atoms with Gasteiger partial charge in [-0.05, 0) is 43.0 Å². The second kappa shape index (κ2) is 7.28. The SMILES string of the molecule is CC(C)CN(Cc1ccccc1Cl)C[C@@H]1CCNC1. The maximum absolute atomic E-state index is 6.28. The van der Waals surface area contributed by atoms with E-state index in [0.717, 1.165) is 30.6 Å². The van der Waals surface area contributed by atoms with Crippen molar-refractivity contribution in [3.8, 4) is 0 Å². The normalized spacial score (nSPS) is 19.5. The third-order valence-corrected chi connectivity index (χ3v) is 4.02. The van der Waals surface area contributed by atoms with Crippen LogP contribution in [0.3, 0.4) is 0 Å². The molecule has 1 aliphatic heterocycles. The quantitative estimate of drug-likeness (QED) is 0.859. The molecule has 1 atom stereocenters. The van der Waals surface area contributed by atoms with Crippen molar-refractivity contribution in [1.82, 2.24) is 10.2 Å². The lowest BCUT2D eigenvalue weighted by Gasteiger charge is -2.27. The molecule has 0 aliphatic carbocycles. The molecule has 1 N–H and O–H groups in total. The lowest BCUT2D eigenvalue weighted by Crippen LogP contribution is -2.33. The standard InChI is InChI=1S/C16H25ClN2/c1-13(2)10-19(11-14-7-8-18-9-14)12-15-5-3-4-6-16(15)17/h3-6,13-14,18H,7-12H2,1-2H3/t14-/m1/s1. The molecule has 1 aliphatic rings. The maximum atomic E-state index is 6.28. The summed E-state index contributed by atoms with van der Waals surface area (Å²) < 4.78 is 0. The molecule has 0 spiro atoms. The van der Waals surface area contributed by atoms with Gasteiger partial charge < -0.3 is 5.32 Å². The number of hydrogen-bond donors (Lipinski definition) is 1. The molecular formula is C16H25ClN2. The highest BCUT2D eigenvalue weighted by atomic mass is 35.5. The van der Waals surface area contributed by atoms with Gasteiger partial charge in [-0.25, -0.2) is 0 Å². The Hall–Kier alpha value is -0.570. The molecule has 0 saturated carbocycles.